The molecular formula is C15H28N2O. The third-order valence-corrected chi connectivity index (χ3v) is 4.38. The number of hydrogen-bond acceptors (Lipinski definition) is 2. The Morgan fingerprint density at radius 3 is 2.33 bits per heavy atom. The molecule has 2 saturated carbocycles. The summed E-state index contributed by atoms with van der Waals surface area (Å²) in [6.07, 6.45) is 10.5. The van der Waals surface area contributed by atoms with Gasteiger partial charge in [0.1, 0.15) is 0 Å². The molecule has 3 heteroatoms. The van der Waals surface area contributed by atoms with Crippen LogP contribution >= 0.6 is 0 Å². The molecule has 0 saturated heterocycles. The molecule has 2 fully saturated rings. The van der Waals surface area contributed by atoms with E-state index in [4.69, 9.17) is 0 Å². The van der Waals surface area contributed by atoms with Gasteiger partial charge in [0.25, 0.3) is 0 Å². The molecule has 0 radical (unpaired) electrons. The first-order chi connectivity index (χ1) is 8.78. The van der Waals surface area contributed by atoms with Crippen LogP contribution in [0, 0.1) is 11.8 Å². The molecule has 0 heterocycles. The first-order valence-electron chi connectivity index (χ1n) is 7.78. The van der Waals surface area contributed by atoms with E-state index in [-0.39, 0.29) is 5.91 Å². The Morgan fingerprint density at radius 1 is 1.06 bits per heavy atom. The summed E-state index contributed by atoms with van der Waals surface area (Å²) in [5.41, 5.74) is 0. The van der Waals surface area contributed by atoms with Crippen molar-refractivity contribution in [3.63, 3.8) is 0 Å². The highest BCUT2D eigenvalue weighted by molar-refractivity contribution is 5.78. The van der Waals surface area contributed by atoms with E-state index >= 15 is 0 Å². The molecule has 0 aromatic heterocycles. The maximum Gasteiger partial charge on any atom is 0.233 e. The molecule has 1 amide bonds. The third kappa shape index (κ3) is 4.97. The van der Waals surface area contributed by atoms with Crippen LogP contribution in [-0.2, 0) is 4.79 Å². The van der Waals surface area contributed by atoms with Crippen molar-refractivity contribution in [3.8, 4) is 0 Å². The number of nitrogens with one attached hydrogen (secondary N) is 2. The van der Waals surface area contributed by atoms with Gasteiger partial charge in [-0.2, -0.15) is 0 Å². The summed E-state index contributed by atoms with van der Waals surface area (Å²) in [7, 11) is 0. The summed E-state index contributed by atoms with van der Waals surface area (Å²) in [4.78, 5) is 11.6. The smallest absolute Gasteiger partial charge is 0.233 e. The fourth-order valence-corrected chi connectivity index (χ4v) is 2.94. The third-order valence-electron chi connectivity index (χ3n) is 4.38. The first-order valence-corrected chi connectivity index (χ1v) is 7.78. The molecule has 104 valence electrons. The van der Waals surface area contributed by atoms with E-state index in [2.05, 4.69) is 17.6 Å². The van der Waals surface area contributed by atoms with Crippen LogP contribution in [0.3, 0.4) is 0 Å². The Kier molecular flexibility index (Phi) is 5.48. The normalized spacial score (nSPS) is 28.1. The number of hydrogen-bond donors (Lipinski definition) is 2. The van der Waals surface area contributed by atoms with Gasteiger partial charge in [-0.3, -0.25) is 4.79 Å². The zero-order valence-electron chi connectivity index (χ0n) is 11.7. The fraction of sp³-hybridized carbons (Fsp3) is 0.933. The summed E-state index contributed by atoms with van der Waals surface area (Å²) in [6.45, 7) is 3.67. The number of rotatable bonds is 7. The van der Waals surface area contributed by atoms with E-state index in [1.807, 2.05) is 0 Å². The molecule has 2 aliphatic rings. The Balaban J connectivity index is 1.52. The predicted molar refractivity (Wildman–Crippen MR) is 74.4 cm³/mol. The van der Waals surface area contributed by atoms with E-state index in [9.17, 15) is 4.79 Å². The average molecular weight is 252 g/mol. The van der Waals surface area contributed by atoms with Crippen molar-refractivity contribution in [1.29, 1.82) is 0 Å². The van der Waals surface area contributed by atoms with Gasteiger partial charge in [0.05, 0.1) is 6.54 Å². The van der Waals surface area contributed by atoms with Crippen LogP contribution in [0.15, 0.2) is 0 Å². The van der Waals surface area contributed by atoms with Crippen LogP contribution < -0.4 is 10.6 Å². The lowest BCUT2D eigenvalue weighted by Gasteiger charge is -2.28. The van der Waals surface area contributed by atoms with Crippen molar-refractivity contribution < 1.29 is 4.79 Å². The van der Waals surface area contributed by atoms with Crippen molar-refractivity contribution in [2.24, 2.45) is 11.8 Å². The maximum absolute atomic E-state index is 11.6. The van der Waals surface area contributed by atoms with Crippen LogP contribution in [0.5, 0.6) is 0 Å². The van der Waals surface area contributed by atoms with Crippen LogP contribution in [0.2, 0.25) is 0 Å². The summed E-state index contributed by atoms with van der Waals surface area (Å²) >= 11 is 0. The summed E-state index contributed by atoms with van der Waals surface area (Å²) in [5.74, 6) is 1.90. The summed E-state index contributed by atoms with van der Waals surface area (Å²) < 4.78 is 0. The molecular weight excluding hydrogens is 224 g/mol. The highest BCUT2D eigenvalue weighted by atomic mass is 16.1. The van der Waals surface area contributed by atoms with Gasteiger partial charge >= 0.3 is 0 Å². The lowest BCUT2D eigenvalue weighted by Crippen LogP contribution is -2.41. The average Bonchev–Trinajstić information content (AvgIpc) is 3.20. The molecule has 2 rings (SSSR count). The minimum atomic E-state index is 0.178. The number of amides is 1. The number of carbonyl (C=O) groups is 1. The van der Waals surface area contributed by atoms with Gasteiger partial charge in [-0.15, -0.1) is 0 Å². The van der Waals surface area contributed by atoms with E-state index in [0.717, 1.165) is 18.4 Å². The van der Waals surface area contributed by atoms with Gasteiger partial charge in [-0.25, -0.2) is 0 Å². The minimum absolute atomic E-state index is 0.178. The summed E-state index contributed by atoms with van der Waals surface area (Å²) in [6, 6.07) is 0.574. The van der Waals surface area contributed by atoms with E-state index in [0.29, 0.717) is 12.6 Å². The predicted octanol–water partition coefficient (Wildman–Crippen LogP) is 2.46. The Labute approximate surface area is 111 Å². The minimum Gasteiger partial charge on any atom is -0.355 e. The molecule has 0 aromatic carbocycles. The second-order valence-electron chi connectivity index (χ2n) is 6.13. The van der Waals surface area contributed by atoms with Crippen LogP contribution in [0.4, 0.5) is 0 Å². The highest BCUT2D eigenvalue weighted by Gasteiger charge is 2.23. The second-order valence-corrected chi connectivity index (χ2v) is 6.13. The second kappa shape index (κ2) is 7.13. The monoisotopic (exact) mass is 252 g/mol. The molecule has 0 unspecified atom stereocenters. The van der Waals surface area contributed by atoms with Gasteiger partial charge in [0.15, 0.2) is 0 Å². The lowest BCUT2D eigenvalue weighted by molar-refractivity contribution is -0.120. The van der Waals surface area contributed by atoms with Gasteiger partial charge in [-0.1, -0.05) is 19.8 Å². The van der Waals surface area contributed by atoms with Crippen molar-refractivity contribution in [2.45, 2.75) is 64.3 Å². The molecule has 0 atom stereocenters. The van der Waals surface area contributed by atoms with E-state index in [1.54, 1.807) is 0 Å². The molecule has 18 heavy (non-hydrogen) atoms. The molecule has 2 aliphatic carbocycles. The highest BCUT2D eigenvalue weighted by Crippen LogP contribution is 2.28. The SMILES string of the molecule is CCCC1CCC(NCC(=O)NCC2CC2)CC1. The van der Waals surface area contributed by atoms with E-state index in [1.165, 1.54) is 51.4 Å². The van der Waals surface area contributed by atoms with Crippen molar-refractivity contribution in [2.75, 3.05) is 13.1 Å². The zero-order chi connectivity index (χ0) is 12.8. The van der Waals surface area contributed by atoms with Crippen LogP contribution in [-0.4, -0.2) is 25.0 Å². The van der Waals surface area contributed by atoms with Gasteiger partial charge in [0.2, 0.25) is 5.91 Å². The van der Waals surface area contributed by atoms with E-state index < -0.39 is 0 Å². The standard InChI is InChI=1S/C15H28N2O/c1-2-3-12-6-8-14(9-7-12)16-11-15(18)17-10-13-4-5-13/h12-14,16H,2-11H2,1H3,(H,17,18). The van der Waals surface area contributed by atoms with Crippen LogP contribution in [0.25, 0.3) is 0 Å². The van der Waals surface area contributed by atoms with Gasteiger partial charge in [0, 0.05) is 12.6 Å². The molecule has 0 aromatic rings. The number of carbonyl (C=O) groups excluding carboxylic acids is 1. The fourth-order valence-electron chi connectivity index (χ4n) is 2.94. The molecule has 0 aliphatic heterocycles. The molecule has 0 spiro atoms. The topological polar surface area (TPSA) is 41.1 Å². The van der Waals surface area contributed by atoms with Gasteiger partial charge in [-0.05, 0) is 50.4 Å². The van der Waals surface area contributed by atoms with Gasteiger partial charge < -0.3 is 10.6 Å². The van der Waals surface area contributed by atoms with Crippen LogP contribution in [0.1, 0.15) is 58.3 Å². The van der Waals surface area contributed by atoms with Crippen molar-refractivity contribution in [3.05, 3.63) is 0 Å². The van der Waals surface area contributed by atoms with Crippen molar-refractivity contribution in [1.82, 2.24) is 10.6 Å². The molecule has 2 N–H and O–H groups in total. The zero-order valence-corrected chi connectivity index (χ0v) is 11.7. The Hall–Kier alpha value is -0.570. The Morgan fingerprint density at radius 2 is 1.72 bits per heavy atom. The lowest BCUT2D eigenvalue weighted by atomic mass is 9.83. The van der Waals surface area contributed by atoms with Crippen molar-refractivity contribution >= 4 is 5.91 Å². The largest absolute Gasteiger partial charge is 0.355 e. The maximum atomic E-state index is 11.6. The molecule has 3 nitrogen and oxygen atoms in total. The molecule has 0 bridgehead atoms. The first kappa shape index (κ1) is 13.9. The quantitative estimate of drug-likeness (QED) is 0.731. The Bertz CT molecular complexity index is 255. The summed E-state index contributed by atoms with van der Waals surface area (Å²) in [5, 5.41) is 6.43.